The van der Waals surface area contributed by atoms with E-state index in [9.17, 15) is 10.1 Å². The summed E-state index contributed by atoms with van der Waals surface area (Å²) in [5, 5.41) is 10.8. The molecule has 17 heavy (non-hydrogen) atoms. The minimum atomic E-state index is -0.372. The summed E-state index contributed by atoms with van der Waals surface area (Å²) in [4.78, 5) is 12.5. The van der Waals surface area contributed by atoms with Crippen LogP contribution in [0.1, 0.15) is 12.5 Å². The van der Waals surface area contributed by atoms with Gasteiger partial charge in [-0.2, -0.15) is 0 Å². The predicted octanol–water partition coefficient (Wildman–Crippen LogP) is 2.45. The number of nitrogens with two attached hydrogens (primary N) is 1. The topological polar surface area (TPSA) is 72.4 Å². The molecule has 0 radical (unpaired) electrons. The number of anilines is 1. The van der Waals surface area contributed by atoms with Crippen LogP contribution in [0.2, 0.25) is 0 Å². The van der Waals surface area contributed by atoms with Crippen LogP contribution in [-0.2, 0) is 0 Å². The van der Waals surface area contributed by atoms with E-state index < -0.39 is 0 Å². The molecule has 0 bridgehead atoms. The lowest BCUT2D eigenvalue weighted by atomic mass is 10.1. The Morgan fingerprint density at radius 1 is 1.53 bits per heavy atom. The molecule has 94 valence electrons. The van der Waals surface area contributed by atoms with Crippen LogP contribution in [0.3, 0.4) is 0 Å². The van der Waals surface area contributed by atoms with Crippen molar-refractivity contribution >= 4 is 27.3 Å². The van der Waals surface area contributed by atoms with Gasteiger partial charge in [0.15, 0.2) is 0 Å². The van der Waals surface area contributed by atoms with E-state index in [0.29, 0.717) is 12.1 Å². The summed E-state index contributed by atoms with van der Waals surface area (Å²) in [5.74, 6) is 0. The molecule has 0 amide bonds. The fourth-order valence-corrected chi connectivity index (χ4v) is 2.28. The summed E-state index contributed by atoms with van der Waals surface area (Å²) >= 11 is 3.37. The lowest BCUT2D eigenvalue weighted by molar-refractivity contribution is -0.385. The van der Waals surface area contributed by atoms with Gasteiger partial charge < -0.3 is 10.6 Å². The molecule has 1 rings (SSSR count). The first-order valence-corrected chi connectivity index (χ1v) is 6.20. The number of halogens is 1. The first kappa shape index (κ1) is 13.9. The van der Waals surface area contributed by atoms with Crippen molar-refractivity contribution in [2.75, 3.05) is 24.5 Å². The molecule has 0 aliphatic heterocycles. The van der Waals surface area contributed by atoms with Crippen molar-refractivity contribution in [2.45, 2.75) is 13.8 Å². The van der Waals surface area contributed by atoms with Gasteiger partial charge in [-0.25, -0.2) is 0 Å². The molecular weight excluding hydrogens is 286 g/mol. The van der Waals surface area contributed by atoms with Gasteiger partial charge in [0, 0.05) is 35.7 Å². The lowest BCUT2D eigenvalue weighted by Gasteiger charge is -2.24. The van der Waals surface area contributed by atoms with E-state index in [4.69, 9.17) is 5.73 Å². The molecule has 1 aromatic carbocycles. The standard InChI is InChI=1S/C11H16BrN3O2/c1-3-14(5-4-13)11-6-8(2)10(15(16)17)7-9(11)12/h6-7H,3-5,13H2,1-2H3. The number of hydrogen-bond donors (Lipinski definition) is 1. The number of rotatable bonds is 5. The predicted molar refractivity (Wildman–Crippen MR) is 72.5 cm³/mol. The zero-order valence-electron chi connectivity index (χ0n) is 9.94. The van der Waals surface area contributed by atoms with E-state index in [1.165, 1.54) is 0 Å². The average Bonchev–Trinajstić information content (AvgIpc) is 2.28. The summed E-state index contributed by atoms with van der Waals surface area (Å²) in [7, 11) is 0. The largest absolute Gasteiger partial charge is 0.370 e. The Morgan fingerprint density at radius 2 is 2.18 bits per heavy atom. The smallest absolute Gasteiger partial charge is 0.273 e. The quantitative estimate of drug-likeness (QED) is 0.670. The number of nitro benzene ring substituents is 1. The van der Waals surface area contributed by atoms with E-state index >= 15 is 0 Å². The van der Waals surface area contributed by atoms with Crippen molar-refractivity contribution in [1.29, 1.82) is 0 Å². The maximum atomic E-state index is 10.8. The number of benzene rings is 1. The fraction of sp³-hybridized carbons (Fsp3) is 0.455. The van der Waals surface area contributed by atoms with E-state index in [1.54, 1.807) is 13.0 Å². The molecule has 0 aliphatic carbocycles. The van der Waals surface area contributed by atoms with Crippen molar-refractivity contribution in [3.05, 3.63) is 32.3 Å². The normalized spacial score (nSPS) is 10.4. The molecule has 0 saturated carbocycles. The maximum Gasteiger partial charge on any atom is 0.273 e. The van der Waals surface area contributed by atoms with Gasteiger partial charge >= 0.3 is 0 Å². The number of nitrogens with zero attached hydrogens (tertiary/aromatic N) is 2. The Balaban J connectivity index is 3.18. The highest BCUT2D eigenvalue weighted by Gasteiger charge is 2.16. The molecule has 0 fully saturated rings. The van der Waals surface area contributed by atoms with Gasteiger partial charge in [0.1, 0.15) is 0 Å². The van der Waals surface area contributed by atoms with Gasteiger partial charge in [-0.05, 0) is 35.8 Å². The Morgan fingerprint density at radius 3 is 2.65 bits per heavy atom. The van der Waals surface area contributed by atoms with E-state index in [0.717, 1.165) is 23.2 Å². The first-order valence-electron chi connectivity index (χ1n) is 5.40. The molecule has 0 atom stereocenters. The highest BCUT2D eigenvalue weighted by molar-refractivity contribution is 9.10. The van der Waals surface area contributed by atoms with Crippen molar-refractivity contribution in [3.63, 3.8) is 0 Å². The van der Waals surface area contributed by atoms with Gasteiger partial charge in [-0.1, -0.05) is 0 Å². The van der Waals surface area contributed by atoms with Crippen molar-refractivity contribution in [3.8, 4) is 0 Å². The molecule has 0 heterocycles. The Hall–Kier alpha value is -1.14. The molecule has 1 aromatic rings. The minimum Gasteiger partial charge on any atom is -0.370 e. The first-order chi connectivity index (χ1) is 8.01. The van der Waals surface area contributed by atoms with Crippen LogP contribution in [0.25, 0.3) is 0 Å². The number of aryl methyl sites for hydroxylation is 1. The van der Waals surface area contributed by atoms with Crippen LogP contribution in [0, 0.1) is 17.0 Å². The van der Waals surface area contributed by atoms with Crippen LogP contribution >= 0.6 is 15.9 Å². The zero-order chi connectivity index (χ0) is 13.0. The van der Waals surface area contributed by atoms with Crippen molar-refractivity contribution in [1.82, 2.24) is 0 Å². The van der Waals surface area contributed by atoms with Gasteiger partial charge in [-0.3, -0.25) is 10.1 Å². The second kappa shape index (κ2) is 5.97. The third kappa shape index (κ3) is 3.17. The Bertz CT molecular complexity index is 423. The summed E-state index contributed by atoms with van der Waals surface area (Å²) < 4.78 is 0.727. The van der Waals surface area contributed by atoms with Crippen molar-refractivity contribution in [2.24, 2.45) is 5.73 Å². The SMILES string of the molecule is CCN(CCN)c1cc(C)c([N+](=O)[O-])cc1Br. The molecule has 0 aromatic heterocycles. The van der Waals surface area contributed by atoms with Crippen LogP contribution < -0.4 is 10.6 Å². The molecule has 0 spiro atoms. The maximum absolute atomic E-state index is 10.8. The van der Waals surface area contributed by atoms with Crippen molar-refractivity contribution < 1.29 is 4.92 Å². The fourth-order valence-electron chi connectivity index (χ4n) is 1.70. The monoisotopic (exact) mass is 301 g/mol. The van der Waals surface area contributed by atoms with Crippen LogP contribution in [0.4, 0.5) is 11.4 Å². The molecule has 2 N–H and O–H groups in total. The molecule has 6 heteroatoms. The number of likely N-dealkylation sites (N-methyl/N-ethyl adjacent to an activating group) is 1. The molecule has 5 nitrogen and oxygen atoms in total. The lowest BCUT2D eigenvalue weighted by Crippen LogP contribution is -2.29. The van der Waals surface area contributed by atoms with Gasteiger partial charge in [-0.15, -0.1) is 0 Å². The minimum absolute atomic E-state index is 0.129. The third-order valence-electron chi connectivity index (χ3n) is 2.58. The average molecular weight is 302 g/mol. The zero-order valence-corrected chi connectivity index (χ0v) is 11.5. The molecule has 0 saturated heterocycles. The van der Waals surface area contributed by atoms with Gasteiger partial charge in [0.25, 0.3) is 5.69 Å². The van der Waals surface area contributed by atoms with E-state index in [-0.39, 0.29) is 10.6 Å². The molecule has 0 unspecified atom stereocenters. The van der Waals surface area contributed by atoms with Gasteiger partial charge in [0.05, 0.1) is 10.6 Å². The molecule has 0 aliphatic rings. The van der Waals surface area contributed by atoms with Crippen LogP contribution in [-0.4, -0.2) is 24.6 Å². The highest BCUT2D eigenvalue weighted by atomic mass is 79.9. The summed E-state index contributed by atoms with van der Waals surface area (Å²) in [6.07, 6.45) is 0. The third-order valence-corrected chi connectivity index (χ3v) is 3.22. The second-order valence-corrected chi connectivity index (χ2v) is 4.57. The number of nitro groups is 1. The van der Waals surface area contributed by atoms with Crippen LogP contribution in [0.15, 0.2) is 16.6 Å². The van der Waals surface area contributed by atoms with Crippen LogP contribution in [0.5, 0.6) is 0 Å². The van der Waals surface area contributed by atoms with E-state index in [2.05, 4.69) is 20.8 Å². The summed E-state index contributed by atoms with van der Waals surface area (Å²) in [5.41, 5.74) is 7.27. The second-order valence-electron chi connectivity index (χ2n) is 3.72. The Kier molecular flexibility index (Phi) is 4.89. The Labute approximate surface area is 109 Å². The van der Waals surface area contributed by atoms with E-state index in [1.807, 2.05) is 13.0 Å². The highest BCUT2D eigenvalue weighted by Crippen LogP contribution is 2.32. The van der Waals surface area contributed by atoms with Gasteiger partial charge in [0.2, 0.25) is 0 Å². The summed E-state index contributed by atoms with van der Waals surface area (Å²) in [6.45, 7) is 5.86. The summed E-state index contributed by atoms with van der Waals surface area (Å²) in [6, 6.07) is 3.37. The molecular formula is C11H16BrN3O2. The number of hydrogen-bond acceptors (Lipinski definition) is 4.